The summed E-state index contributed by atoms with van der Waals surface area (Å²) < 4.78 is 3.96. The Morgan fingerprint density at radius 3 is 3.00 bits per heavy atom. The van der Waals surface area contributed by atoms with E-state index in [1.807, 2.05) is 16.9 Å². The summed E-state index contributed by atoms with van der Waals surface area (Å²) in [6.07, 6.45) is 5.77. The summed E-state index contributed by atoms with van der Waals surface area (Å²) in [6, 6.07) is 1.92. The third-order valence-electron chi connectivity index (χ3n) is 2.91. The lowest BCUT2D eigenvalue weighted by Crippen LogP contribution is -2.20. The van der Waals surface area contributed by atoms with Crippen LogP contribution in [-0.4, -0.2) is 25.7 Å². The lowest BCUT2D eigenvalue weighted by molar-refractivity contribution is 0.546. The molecule has 0 aromatic carbocycles. The standard InChI is InChI=1S/C13H17N5S/c1-10(2)8-14-9-11-12(18-5-3-4-15-18)16-13-17(11)6-7-19-13/h3-7,10,14H,8-9H2,1-2H3. The second-order valence-electron chi connectivity index (χ2n) is 4.91. The van der Waals surface area contributed by atoms with Gasteiger partial charge in [-0.05, 0) is 18.5 Å². The van der Waals surface area contributed by atoms with E-state index in [1.165, 1.54) is 0 Å². The van der Waals surface area contributed by atoms with Crippen LogP contribution in [0.4, 0.5) is 0 Å². The van der Waals surface area contributed by atoms with Crippen LogP contribution >= 0.6 is 11.3 Å². The van der Waals surface area contributed by atoms with Crippen molar-refractivity contribution in [2.75, 3.05) is 6.54 Å². The molecule has 1 N–H and O–H groups in total. The molecule has 0 bridgehead atoms. The van der Waals surface area contributed by atoms with Crippen molar-refractivity contribution in [3.05, 3.63) is 35.7 Å². The molecule has 0 unspecified atom stereocenters. The van der Waals surface area contributed by atoms with Crippen molar-refractivity contribution in [3.63, 3.8) is 0 Å². The van der Waals surface area contributed by atoms with Crippen LogP contribution in [0.2, 0.25) is 0 Å². The lowest BCUT2D eigenvalue weighted by Gasteiger charge is -2.08. The average molecular weight is 275 g/mol. The van der Waals surface area contributed by atoms with E-state index >= 15 is 0 Å². The van der Waals surface area contributed by atoms with Gasteiger partial charge in [-0.25, -0.2) is 4.68 Å². The first-order valence-corrected chi connectivity index (χ1v) is 7.29. The predicted molar refractivity (Wildman–Crippen MR) is 76.7 cm³/mol. The Kier molecular flexibility index (Phi) is 3.35. The number of thiazole rings is 1. The van der Waals surface area contributed by atoms with E-state index in [4.69, 9.17) is 0 Å². The Bertz CT molecular complexity index is 650. The molecule has 0 aliphatic carbocycles. The topological polar surface area (TPSA) is 47.2 Å². The molecule has 3 heterocycles. The normalized spacial score (nSPS) is 11.7. The minimum absolute atomic E-state index is 0.638. The number of hydrogen-bond acceptors (Lipinski definition) is 4. The van der Waals surface area contributed by atoms with Crippen molar-refractivity contribution >= 4 is 16.3 Å². The van der Waals surface area contributed by atoms with E-state index < -0.39 is 0 Å². The molecule has 3 aromatic rings. The monoisotopic (exact) mass is 275 g/mol. The van der Waals surface area contributed by atoms with Crippen LogP contribution in [0.3, 0.4) is 0 Å². The Hall–Kier alpha value is -1.66. The third kappa shape index (κ3) is 2.41. The van der Waals surface area contributed by atoms with Gasteiger partial charge in [-0.2, -0.15) is 10.1 Å². The Morgan fingerprint density at radius 1 is 1.37 bits per heavy atom. The highest BCUT2D eigenvalue weighted by atomic mass is 32.1. The second-order valence-corrected chi connectivity index (χ2v) is 5.79. The number of hydrogen-bond donors (Lipinski definition) is 1. The summed E-state index contributed by atoms with van der Waals surface area (Å²) >= 11 is 1.64. The predicted octanol–water partition coefficient (Wildman–Crippen LogP) is 2.33. The van der Waals surface area contributed by atoms with Gasteiger partial charge in [-0.15, -0.1) is 11.3 Å². The van der Waals surface area contributed by atoms with Crippen LogP contribution in [0.1, 0.15) is 19.5 Å². The van der Waals surface area contributed by atoms with Gasteiger partial charge in [0.1, 0.15) is 0 Å². The van der Waals surface area contributed by atoms with Gasteiger partial charge >= 0.3 is 0 Å². The van der Waals surface area contributed by atoms with Crippen LogP contribution in [0.5, 0.6) is 0 Å². The zero-order valence-electron chi connectivity index (χ0n) is 11.1. The van der Waals surface area contributed by atoms with Gasteiger partial charge in [0.2, 0.25) is 0 Å². The number of imidazole rings is 1. The van der Waals surface area contributed by atoms with E-state index in [0.29, 0.717) is 5.92 Å². The fourth-order valence-electron chi connectivity index (χ4n) is 2.04. The SMILES string of the molecule is CC(C)CNCc1c(-n2cccn2)nc2sccn12. The fourth-order valence-corrected chi connectivity index (χ4v) is 2.77. The lowest BCUT2D eigenvalue weighted by atomic mass is 10.2. The summed E-state index contributed by atoms with van der Waals surface area (Å²) in [5, 5.41) is 9.81. The number of aromatic nitrogens is 4. The Morgan fingerprint density at radius 2 is 2.26 bits per heavy atom. The highest BCUT2D eigenvalue weighted by Gasteiger charge is 2.14. The van der Waals surface area contributed by atoms with Gasteiger partial charge < -0.3 is 5.32 Å². The first-order chi connectivity index (χ1) is 9.25. The maximum atomic E-state index is 4.65. The molecular weight excluding hydrogens is 258 g/mol. The number of nitrogens with one attached hydrogen (secondary N) is 1. The molecule has 0 saturated heterocycles. The van der Waals surface area contributed by atoms with Crippen molar-refractivity contribution in [2.24, 2.45) is 5.92 Å². The van der Waals surface area contributed by atoms with E-state index in [0.717, 1.165) is 29.6 Å². The van der Waals surface area contributed by atoms with E-state index in [-0.39, 0.29) is 0 Å². The number of fused-ring (bicyclic) bond motifs is 1. The van der Waals surface area contributed by atoms with Crippen molar-refractivity contribution in [1.82, 2.24) is 24.5 Å². The third-order valence-corrected chi connectivity index (χ3v) is 3.66. The van der Waals surface area contributed by atoms with Crippen LogP contribution in [0.25, 0.3) is 10.8 Å². The molecule has 6 heteroatoms. The van der Waals surface area contributed by atoms with Crippen molar-refractivity contribution in [2.45, 2.75) is 20.4 Å². The molecule has 0 radical (unpaired) electrons. The maximum Gasteiger partial charge on any atom is 0.196 e. The molecule has 3 rings (SSSR count). The van der Waals surface area contributed by atoms with E-state index in [2.05, 4.69) is 45.2 Å². The first kappa shape index (κ1) is 12.4. The van der Waals surface area contributed by atoms with Crippen molar-refractivity contribution < 1.29 is 0 Å². The minimum atomic E-state index is 0.638. The fraction of sp³-hybridized carbons (Fsp3) is 0.385. The van der Waals surface area contributed by atoms with E-state index in [1.54, 1.807) is 17.5 Å². The first-order valence-electron chi connectivity index (χ1n) is 6.41. The Balaban J connectivity index is 1.94. The molecule has 5 nitrogen and oxygen atoms in total. The van der Waals surface area contributed by atoms with Gasteiger partial charge in [0.15, 0.2) is 10.8 Å². The molecule has 0 saturated carbocycles. The largest absolute Gasteiger partial charge is 0.311 e. The minimum Gasteiger partial charge on any atom is -0.311 e. The summed E-state index contributed by atoms with van der Waals surface area (Å²) in [5.74, 6) is 1.55. The molecule has 0 spiro atoms. The number of nitrogens with zero attached hydrogens (tertiary/aromatic N) is 4. The zero-order valence-corrected chi connectivity index (χ0v) is 11.9. The van der Waals surface area contributed by atoms with Gasteiger partial charge in [0.25, 0.3) is 0 Å². The van der Waals surface area contributed by atoms with Crippen LogP contribution in [-0.2, 0) is 6.54 Å². The van der Waals surface area contributed by atoms with E-state index in [9.17, 15) is 0 Å². The Labute approximate surface area is 115 Å². The van der Waals surface area contributed by atoms with Gasteiger partial charge in [-0.3, -0.25) is 4.40 Å². The van der Waals surface area contributed by atoms with Crippen LogP contribution in [0, 0.1) is 5.92 Å². The highest BCUT2D eigenvalue weighted by Crippen LogP contribution is 2.20. The number of rotatable bonds is 5. The van der Waals surface area contributed by atoms with Crippen LogP contribution in [0.15, 0.2) is 30.0 Å². The summed E-state index contributed by atoms with van der Waals surface area (Å²) in [4.78, 5) is 5.66. The van der Waals surface area contributed by atoms with Gasteiger partial charge in [0, 0.05) is 30.5 Å². The van der Waals surface area contributed by atoms with Crippen molar-refractivity contribution in [1.29, 1.82) is 0 Å². The maximum absolute atomic E-state index is 4.65. The molecule has 3 aromatic heterocycles. The zero-order chi connectivity index (χ0) is 13.2. The summed E-state index contributed by atoms with van der Waals surface area (Å²) in [7, 11) is 0. The summed E-state index contributed by atoms with van der Waals surface area (Å²) in [5.41, 5.74) is 1.15. The molecule has 0 aliphatic rings. The van der Waals surface area contributed by atoms with Crippen molar-refractivity contribution in [3.8, 4) is 5.82 Å². The van der Waals surface area contributed by atoms with Crippen LogP contribution < -0.4 is 5.32 Å². The molecule has 0 amide bonds. The molecule has 19 heavy (non-hydrogen) atoms. The molecule has 0 aliphatic heterocycles. The molecule has 0 atom stereocenters. The second kappa shape index (κ2) is 5.14. The van der Waals surface area contributed by atoms with Gasteiger partial charge in [-0.1, -0.05) is 13.8 Å². The smallest absolute Gasteiger partial charge is 0.196 e. The summed E-state index contributed by atoms with van der Waals surface area (Å²) in [6.45, 7) is 6.21. The molecule has 100 valence electrons. The average Bonchev–Trinajstić information content (AvgIpc) is 3.03. The molecular formula is C13H17N5S. The van der Waals surface area contributed by atoms with Gasteiger partial charge in [0.05, 0.1) is 5.69 Å². The quantitative estimate of drug-likeness (QED) is 0.777. The highest BCUT2D eigenvalue weighted by molar-refractivity contribution is 7.15. The molecule has 0 fully saturated rings.